The standard InChI is InChI=1S/C34H31N3O3/c1-4-10-31-25(7-1)28(16-35(31)13-22-19-38-22)34(29-17-36(14-23-20-39-23)32-11-5-2-8-26(29)32)30-18-37(15-24-21-40-24)33-12-6-3-9-27(30)33/h1-12,16-18,22-24,34H,13-15,19-21H2. The molecular weight excluding hydrogens is 498 g/mol. The van der Waals surface area contributed by atoms with Crippen molar-refractivity contribution in [1.82, 2.24) is 13.7 Å². The fourth-order valence-electron chi connectivity index (χ4n) is 6.65. The third kappa shape index (κ3) is 3.90. The van der Waals surface area contributed by atoms with E-state index in [1.54, 1.807) is 0 Å². The number of ether oxygens (including phenoxy) is 3. The Morgan fingerprint density at radius 2 is 0.800 bits per heavy atom. The Labute approximate surface area is 232 Å². The third-order valence-corrected chi connectivity index (χ3v) is 8.80. The van der Waals surface area contributed by atoms with Gasteiger partial charge in [0.15, 0.2) is 0 Å². The fourth-order valence-corrected chi connectivity index (χ4v) is 6.65. The van der Waals surface area contributed by atoms with Gasteiger partial charge in [0.25, 0.3) is 0 Å². The second-order valence-electron chi connectivity index (χ2n) is 11.6. The molecule has 3 atom stereocenters. The SMILES string of the molecule is c1ccc2c(c1)c(C(c1cn(CC3CO3)c3ccccc13)c1cn(CC3CO3)c3ccccc13)cn2CC1CO1. The van der Waals surface area contributed by atoms with Crippen LogP contribution in [0.3, 0.4) is 0 Å². The van der Waals surface area contributed by atoms with Crippen LogP contribution in [0.25, 0.3) is 32.7 Å². The number of rotatable bonds is 9. The predicted octanol–water partition coefficient (Wildman–Crippen LogP) is 5.93. The lowest BCUT2D eigenvalue weighted by Crippen LogP contribution is -2.06. The largest absolute Gasteiger partial charge is 0.371 e. The average Bonchev–Trinajstić information content (AvgIpc) is 3.92. The molecule has 6 heteroatoms. The van der Waals surface area contributed by atoms with Crippen LogP contribution in [-0.2, 0) is 33.8 Å². The van der Waals surface area contributed by atoms with Crippen molar-refractivity contribution >= 4 is 32.7 Å². The van der Waals surface area contributed by atoms with Gasteiger partial charge in [0.05, 0.1) is 57.8 Å². The van der Waals surface area contributed by atoms with Crippen molar-refractivity contribution in [3.05, 3.63) is 108 Å². The molecule has 9 rings (SSSR count). The summed E-state index contributed by atoms with van der Waals surface area (Å²) in [6, 6.07) is 26.6. The monoisotopic (exact) mass is 529 g/mol. The van der Waals surface area contributed by atoms with Crippen LogP contribution < -0.4 is 0 Å². The summed E-state index contributed by atoms with van der Waals surface area (Å²) < 4.78 is 24.2. The normalized spacial score (nSPS) is 22.4. The Balaban J connectivity index is 1.31. The molecule has 6 nitrogen and oxygen atoms in total. The van der Waals surface area contributed by atoms with Crippen LogP contribution in [0, 0.1) is 0 Å². The number of para-hydroxylation sites is 3. The zero-order valence-corrected chi connectivity index (χ0v) is 22.3. The fraction of sp³-hybridized carbons (Fsp3) is 0.294. The lowest BCUT2D eigenvalue weighted by atomic mass is 9.84. The quantitative estimate of drug-likeness (QED) is 0.218. The van der Waals surface area contributed by atoms with Crippen molar-refractivity contribution in [2.75, 3.05) is 19.8 Å². The zero-order valence-electron chi connectivity index (χ0n) is 22.3. The zero-order chi connectivity index (χ0) is 26.2. The molecule has 0 bridgehead atoms. The molecule has 0 radical (unpaired) electrons. The number of fused-ring (bicyclic) bond motifs is 3. The molecule has 0 amide bonds. The highest BCUT2D eigenvalue weighted by molar-refractivity contribution is 5.93. The first-order valence-electron chi connectivity index (χ1n) is 14.4. The van der Waals surface area contributed by atoms with Crippen LogP contribution in [0.5, 0.6) is 0 Å². The van der Waals surface area contributed by atoms with Gasteiger partial charge < -0.3 is 27.9 Å². The molecular formula is C34H31N3O3. The lowest BCUT2D eigenvalue weighted by molar-refractivity contribution is 0.385. The molecule has 6 heterocycles. The molecule has 0 N–H and O–H groups in total. The van der Waals surface area contributed by atoms with Crippen molar-refractivity contribution in [2.45, 2.75) is 43.9 Å². The molecule has 0 aliphatic carbocycles. The summed E-state index contributed by atoms with van der Waals surface area (Å²) in [4.78, 5) is 0. The minimum atomic E-state index is 0.0591. The molecule has 200 valence electrons. The van der Waals surface area contributed by atoms with E-state index in [0.29, 0.717) is 18.3 Å². The summed E-state index contributed by atoms with van der Waals surface area (Å²) in [6.45, 7) is 5.19. The molecule has 3 unspecified atom stereocenters. The molecule has 40 heavy (non-hydrogen) atoms. The first-order chi connectivity index (χ1) is 19.8. The van der Waals surface area contributed by atoms with E-state index >= 15 is 0 Å². The van der Waals surface area contributed by atoms with Crippen molar-refractivity contribution in [2.24, 2.45) is 0 Å². The highest BCUT2D eigenvalue weighted by atomic mass is 16.6. The van der Waals surface area contributed by atoms with Crippen molar-refractivity contribution in [3.63, 3.8) is 0 Å². The highest BCUT2D eigenvalue weighted by Crippen LogP contribution is 2.44. The molecule has 0 spiro atoms. The summed E-state index contributed by atoms with van der Waals surface area (Å²) in [6.07, 6.45) is 8.10. The molecule has 3 fully saturated rings. The Morgan fingerprint density at radius 3 is 1.10 bits per heavy atom. The Bertz CT molecular complexity index is 1660. The van der Waals surface area contributed by atoms with E-state index in [1.807, 2.05) is 0 Å². The van der Waals surface area contributed by atoms with E-state index in [2.05, 4.69) is 105 Å². The van der Waals surface area contributed by atoms with Crippen LogP contribution in [0.1, 0.15) is 22.6 Å². The first-order valence-corrected chi connectivity index (χ1v) is 14.4. The maximum Gasteiger partial charge on any atom is 0.0988 e. The summed E-state index contributed by atoms with van der Waals surface area (Å²) in [5, 5.41) is 3.91. The molecule has 3 aliphatic rings. The van der Waals surface area contributed by atoms with E-state index < -0.39 is 0 Å². The average molecular weight is 530 g/mol. The third-order valence-electron chi connectivity index (χ3n) is 8.80. The van der Waals surface area contributed by atoms with E-state index in [0.717, 1.165) is 39.5 Å². The minimum absolute atomic E-state index is 0.0591. The van der Waals surface area contributed by atoms with Gasteiger partial charge >= 0.3 is 0 Å². The summed E-state index contributed by atoms with van der Waals surface area (Å²) >= 11 is 0. The van der Waals surface area contributed by atoms with Gasteiger partial charge in [-0.2, -0.15) is 0 Å². The highest BCUT2D eigenvalue weighted by Gasteiger charge is 2.32. The van der Waals surface area contributed by atoms with Gasteiger partial charge in [0.1, 0.15) is 0 Å². The topological polar surface area (TPSA) is 52.4 Å². The number of hydrogen-bond acceptors (Lipinski definition) is 3. The van der Waals surface area contributed by atoms with Crippen LogP contribution in [0.15, 0.2) is 91.4 Å². The van der Waals surface area contributed by atoms with Gasteiger partial charge in [0, 0.05) is 57.2 Å². The van der Waals surface area contributed by atoms with Gasteiger partial charge in [0.2, 0.25) is 0 Å². The first kappa shape index (κ1) is 22.9. The van der Waals surface area contributed by atoms with Crippen molar-refractivity contribution in [1.29, 1.82) is 0 Å². The Kier molecular flexibility index (Phi) is 5.06. The number of epoxide rings is 3. The smallest absolute Gasteiger partial charge is 0.0988 e. The number of hydrogen-bond donors (Lipinski definition) is 0. The van der Waals surface area contributed by atoms with Gasteiger partial charge in [-0.05, 0) is 34.9 Å². The van der Waals surface area contributed by atoms with Crippen molar-refractivity contribution < 1.29 is 14.2 Å². The molecule has 3 aromatic heterocycles. The predicted molar refractivity (Wildman–Crippen MR) is 156 cm³/mol. The lowest BCUT2D eigenvalue weighted by Gasteiger charge is -2.17. The van der Waals surface area contributed by atoms with E-state index in [-0.39, 0.29) is 5.92 Å². The number of benzene rings is 3. The van der Waals surface area contributed by atoms with E-state index in [9.17, 15) is 0 Å². The number of nitrogens with zero attached hydrogens (tertiary/aromatic N) is 3. The van der Waals surface area contributed by atoms with Gasteiger partial charge in [-0.15, -0.1) is 0 Å². The Morgan fingerprint density at radius 1 is 0.500 bits per heavy atom. The van der Waals surface area contributed by atoms with E-state index in [1.165, 1.54) is 49.4 Å². The van der Waals surface area contributed by atoms with Crippen LogP contribution in [0.2, 0.25) is 0 Å². The summed E-state index contributed by atoms with van der Waals surface area (Å²) in [5.41, 5.74) is 7.82. The van der Waals surface area contributed by atoms with E-state index in [4.69, 9.17) is 14.2 Å². The second-order valence-corrected chi connectivity index (χ2v) is 11.6. The Hall–Kier alpha value is -3.84. The van der Waals surface area contributed by atoms with Gasteiger partial charge in [-0.25, -0.2) is 0 Å². The van der Waals surface area contributed by atoms with Crippen LogP contribution in [-0.4, -0.2) is 51.8 Å². The maximum atomic E-state index is 5.66. The molecule has 3 aliphatic heterocycles. The second kappa shape index (κ2) is 8.83. The van der Waals surface area contributed by atoms with Crippen molar-refractivity contribution in [3.8, 4) is 0 Å². The van der Waals surface area contributed by atoms with Crippen LogP contribution in [0.4, 0.5) is 0 Å². The molecule has 6 aromatic rings. The summed E-state index contributed by atoms with van der Waals surface area (Å²) in [7, 11) is 0. The van der Waals surface area contributed by atoms with Gasteiger partial charge in [-0.3, -0.25) is 0 Å². The summed E-state index contributed by atoms with van der Waals surface area (Å²) in [5.74, 6) is 0.0591. The maximum absolute atomic E-state index is 5.66. The molecule has 3 saturated heterocycles. The minimum Gasteiger partial charge on any atom is -0.371 e. The number of aromatic nitrogens is 3. The van der Waals surface area contributed by atoms with Gasteiger partial charge in [-0.1, -0.05) is 54.6 Å². The molecule has 0 saturated carbocycles. The van der Waals surface area contributed by atoms with Crippen LogP contribution >= 0.6 is 0 Å². The molecule has 3 aromatic carbocycles.